The van der Waals surface area contributed by atoms with Gasteiger partial charge >= 0.3 is 51.4 Å². The van der Waals surface area contributed by atoms with Crippen molar-refractivity contribution >= 4 is 20.2 Å². The van der Waals surface area contributed by atoms with Crippen LogP contribution in [-0.2, 0) is 20.2 Å². The predicted octanol–water partition coefficient (Wildman–Crippen LogP) is -3.34. The van der Waals surface area contributed by atoms with Gasteiger partial charge in [0.15, 0.2) is 0 Å². The van der Waals surface area contributed by atoms with Gasteiger partial charge in [-0.2, -0.15) is 16.8 Å². The summed E-state index contributed by atoms with van der Waals surface area (Å²) in [4.78, 5) is 0. The van der Waals surface area contributed by atoms with Crippen LogP contribution in [0.1, 0.15) is 14.3 Å². The van der Waals surface area contributed by atoms with Gasteiger partial charge in [-0.25, -0.2) is 0 Å². The zero-order chi connectivity index (χ0) is 9.83. The third-order valence-corrected chi connectivity index (χ3v) is 2.66. The van der Waals surface area contributed by atoms with Crippen LogP contribution in [0.2, 0.25) is 0 Å². The second-order valence-electron chi connectivity index (χ2n) is 2.28. The van der Waals surface area contributed by atoms with Crippen LogP contribution in [0, 0.1) is 0 Å². The maximum absolute atomic E-state index is 10.1. The fourth-order valence-electron chi connectivity index (χ4n) is 0.569. The molecule has 0 radical (unpaired) electrons. The molecule has 0 amide bonds. The quantitative estimate of drug-likeness (QED) is 0.303. The second-order valence-corrected chi connectivity index (χ2v) is 5.42. The van der Waals surface area contributed by atoms with Crippen LogP contribution in [0.15, 0.2) is 0 Å². The molecular formula is C4H11KO6S2. The third kappa shape index (κ3) is 16.2. The molecule has 2 N–H and O–H groups in total. The first kappa shape index (κ1) is 16.9. The van der Waals surface area contributed by atoms with Crippen molar-refractivity contribution in [3.63, 3.8) is 0 Å². The molecule has 0 aliphatic heterocycles. The molecule has 0 aliphatic rings. The molecule has 0 rings (SSSR count). The molecule has 9 heteroatoms. The molecule has 0 fully saturated rings. The first-order valence-electron chi connectivity index (χ1n) is 3.11. The van der Waals surface area contributed by atoms with E-state index in [1.807, 2.05) is 0 Å². The summed E-state index contributed by atoms with van der Waals surface area (Å²) in [5, 5.41) is 0. The molecule has 13 heavy (non-hydrogen) atoms. The van der Waals surface area contributed by atoms with E-state index in [0.29, 0.717) is 0 Å². The molecule has 6 nitrogen and oxygen atoms in total. The van der Waals surface area contributed by atoms with Gasteiger partial charge in [0, 0.05) is 0 Å². The van der Waals surface area contributed by atoms with Gasteiger partial charge in [-0.05, 0) is 12.8 Å². The van der Waals surface area contributed by atoms with Crippen LogP contribution in [0.5, 0.6) is 0 Å². The van der Waals surface area contributed by atoms with Crippen molar-refractivity contribution in [3.8, 4) is 0 Å². The van der Waals surface area contributed by atoms with E-state index >= 15 is 0 Å². The Hall–Kier alpha value is 1.46. The largest absolute Gasteiger partial charge is 1.00 e. The van der Waals surface area contributed by atoms with Gasteiger partial charge in [0.1, 0.15) is 0 Å². The molecule has 76 valence electrons. The van der Waals surface area contributed by atoms with Gasteiger partial charge in [-0.1, -0.05) is 0 Å². The van der Waals surface area contributed by atoms with Crippen molar-refractivity contribution in [1.82, 2.24) is 0 Å². The molecule has 0 saturated carbocycles. The summed E-state index contributed by atoms with van der Waals surface area (Å²) in [6.45, 7) is 0. The van der Waals surface area contributed by atoms with E-state index in [0.717, 1.165) is 0 Å². The van der Waals surface area contributed by atoms with Crippen molar-refractivity contribution in [1.29, 1.82) is 0 Å². The van der Waals surface area contributed by atoms with Crippen LogP contribution < -0.4 is 51.4 Å². The molecule has 0 saturated heterocycles. The van der Waals surface area contributed by atoms with E-state index in [1.165, 1.54) is 0 Å². The SMILES string of the molecule is O=S(=O)(O)CCCCS(=O)(=O)O.[H-].[K+]. The topological polar surface area (TPSA) is 109 Å². The molecule has 0 spiro atoms. The van der Waals surface area contributed by atoms with Gasteiger partial charge < -0.3 is 1.43 Å². The first-order chi connectivity index (χ1) is 5.21. The van der Waals surface area contributed by atoms with Gasteiger partial charge in [-0.3, -0.25) is 9.11 Å². The zero-order valence-electron chi connectivity index (χ0n) is 8.17. The predicted molar refractivity (Wildman–Crippen MR) is 43.2 cm³/mol. The summed E-state index contributed by atoms with van der Waals surface area (Å²) in [7, 11) is -8.04. The van der Waals surface area contributed by atoms with E-state index in [9.17, 15) is 16.8 Å². The Morgan fingerprint density at radius 3 is 1.23 bits per heavy atom. The number of hydrogen-bond acceptors (Lipinski definition) is 4. The molecule has 0 aromatic rings. The van der Waals surface area contributed by atoms with Crippen LogP contribution in [0.25, 0.3) is 0 Å². The second kappa shape index (κ2) is 6.85. The average molecular weight is 258 g/mol. The van der Waals surface area contributed by atoms with Crippen molar-refractivity contribution < 1.29 is 78.8 Å². The monoisotopic (exact) mass is 258 g/mol. The Bertz CT molecular complexity index is 288. The van der Waals surface area contributed by atoms with Gasteiger partial charge in [0.05, 0.1) is 11.5 Å². The van der Waals surface area contributed by atoms with Crippen molar-refractivity contribution in [2.45, 2.75) is 12.8 Å². The van der Waals surface area contributed by atoms with Crippen molar-refractivity contribution in [2.24, 2.45) is 0 Å². The van der Waals surface area contributed by atoms with Crippen LogP contribution in [-0.4, -0.2) is 37.4 Å². The normalized spacial score (nSPS) is 12.2. The van der Waals surface area contributed by atoms with Crippen LogP contribution in [0.4, 0.5) is 0 Å². The summed E-state index contributed by atoms with van der Waals surface area (Å²) in [5.41, 5.74) is 0. The summed E-state index contributed by atoms with van der Waals surface area (Å²) in [5.74, 6) is -0.967. The molecule has 0 unspecified atom stereocenters. The maximum Gasteiger partial charge on any atom is 1.00 e. The van der Waals surface area contributed by atoms with Gasteiger partial charge in [0.25, 0.3) is 20.2 Å². The summed E-state index contributed by atoms with van der Waals surface area (Å²) < 4.78 is 56.8. The zero-order valence-corrected chi connectivity index (χ0v) is 11.9. The van der Waals surface area contributed by atoms with Crippen LogP contribution >= 0.6 is 0 Å². The molecule has 0 heterocycles. The number of hydrogen-bond donors (Lipinski definition) is 2. The Morgan fingerprint density at radius 2 is 1.08 bits per heavy atom. The third-order valence-electron chi connectivity index (χ3n) is 1.05. The standard InChI is InChI=1S/C4H10O6S2.K.H/c5-11(6,7)3-1-2-4-12(8,9)10;;/h1-4H2,(H,5,6,7)(H,8,9,10);;/q;+1;-1. The molecule has 0 atom stereocenters. The summed E-state index contributed by atoms with van der Waals surface area (Å²) >= 11 is 0. The fraction of sp³-hybridized carbons (Fsp3) is 1.00. The minimum absolute atomic E-state index is 0. The summed E-state index contributed by atoms with van der Waals surface area (Å²) in [6, 6.07) is 0. The first-order valence-corrected chi connectivity index (χ1v) is 6.33. The maximum atomic E-state index is 10.1. The number of unbranched alkanes of at least 4 members (excludes halogenated alkanes) is 1. The van der Waals surface area contributed by atoms with E-state index in [4.69, 9.17) is 9.11 Å². The van der Waals surface area contributed by atoms with Crippen LogP contribution in [0.3, 0.4) is 0 Å². The smallest absolute Gasteiger partial charge is 1.00 e. The van der Waals surface area contributed by atoms with E-state index < -0.39 is 31.7 Å². The van der Waals surface area contributed by atoms with Gasteiger partial charge in [0.2, 0.25) is 0 Å². The van der Waals surface area contributed by atoms with Gasteiger partial charge in [-0.15, -0.1) is 0 Å². The molecule has 0 aromatic heterocycles. The molecule has 0 aromatic carbocycles. The van der Waals surface area contributed by atoms with E-state index in [-0.39, 0.29) is 65.7 Å². The van der Waals surface area contributed by atoms with Crippen molar-refractivity contribution in [2.75, 3.05) is 11.5 Å². The Morgan fingerprint density at radius 1 is 0.846 bits per heavy atom. The minimum Gasteiger partial charge on any atom is -1.00 e. The van der Waals surface area contributed by atoms with E-state index in [2.05, 4.69) is 0 Å². The Balaban J connectivity index is -0.000000605. The number of rotatable bonds is 5. The Labute approximate surface area is 121 Å². The van der Waals surface area contributed by atoms with E-state index in [1.54, 1.807) is 0 Å². The van der Waals surface area contributed by atoms with Crippen molar-refractivity contribution in [3.05, 3.63) is 0 Å². The molecule has 0 aliphatic carbocycles. The molecular weight excluding hydrogens is 247 g/mol. The minimum atomic E-state index is -4.02. The average Bonchev–Trinajstić information content (AvgIpc) is 1.76. The fourth-order valence-corrected chi connectivity index (χ4v) is 1.71. The summed E-state index contributed by atoms with van der Waals surface area (Å²) in [6.07, 6.45) is 0.0250. The molecule has 0 bridgehead atoms. The Kier molecular flexibility index (Phi) is 8.89.